The van der Waals surface area contributed by atoms with Gasteiger partial charge in [0.15, 0.2) is 5.69 Å². The first-order chi connectivity index (χ1) is 26.4. The summed E-state index contributed by atoms with van der Waals surface area (Å²) in [7, 11) is 0.638. The summed E-state index contributed by atoms with van der Waals surface area (Å²) in [5.41, 5.74) is 4.41. The molecule has 1 atom stereocenters. The van der Waals surface area contributed by atoms with Crippen molar-refractivity contribution in [2.45, 2.75) is 16.3 Å². The number of carbonyl (C=O) groups is 1. The van der Waals surface area contributed by atoms with Crippen LogP contribution in [0, 0.1) is 5.21 Å². The maximum absolute atomic E-state index is 13.2. The van der Waals surface area contributed by atoms with Crippen molar-refractivity contribution in [1.29, 1.82) is 0 Å². The van der Waals surface area contributed by atoms with Crippen molar-refractivity contribution >= 4 is 44.8 Å². The molecule has 55 heavy (non-hydrogen) atoms. The van der Waals surface area contributed by atoms with Crippen LogP contribution >= 0.6 is 11.8 Å². The minimum Gasteiger partial charge on any atom is -0.593 e. The van der Waals surface area contributed by atoms with Crippen molar-refractivity contribution in [1.82, 2.24) is 19.7 Å². The van der Waals surface area contributed by atoms with Crippen LogP contribution in [0.15, 0.2) is 131 Å². The van der Waals surface area contributed by atoms with Gasteiger partial charge in [0.05, 0.1) is 10.6 Å². The Balaban J connectivity index is 1.09. The van der Waals surface area contributed by atoms with E-state index in [4.69, 9.17) is 4.74 Å². The van der Waals surface area contributed by atoms with Gasteiger partial charge in [0.1, 0.15) is 19.4 Å². The second-order valence-electron chi connectivity index (χ2n) is 13.1. The molecular formula is C41H48N6O6S2. The molecule has 1 amide bonds. The number of quaternary nitrogens is 1. The number of rotatable bonds is 20. The molecule has 0 aliphatic carbocycles. The molecule has 1 unspecified atom stereocenters. The molecule has 0 aliphatic heterocycles. The Labute approximate surface area is 327 Å². The smallest absolute Gasteiger partial charge is 0.264 e. The molecule has 0 saturated carbocycles. The Kier molecular flexibility index (Phi) is 14.7. The quantitative estimate of drug-likeness (QED) is 0.0250. The van der Waals surface area contributed by atoms with E-state index in [2.05, 4.69) is 49.8 Å². The number of carbonyl (C=O) groups excluding carboxylic acids is 1. The first kappa shape index (κ1) is 41.2. The molecule has 5 rings (SSSR count). The highest BCUT2D eigenvalue weighted by Gasteiger charge is 2.25. The van der Waals surface area contributed by atoms with Gasteiger partial charge in [-0.2, -0.15) is 4.81 Å². The number of hydrogen-bond acceptors (Lipinski definition) is 11. The number of anilines is 2. The van der Waals surface area contributed by atoms with E-state index in [1.807, 2.05) is 68.7 Å². The number of likely N-dealkylation sites (N-methyl/N-ethyl adjacent to an activating group) is 1. The fourth-order valence-electron chi connectivity index (χ4n) is 5.57. The minimum atomic E-state index is -4.37. The van der Waals surface area contributed by atoms with Crippen molar-refractivity contribution in [3.63, 3.8) is 0 Å². The Bertz CT molecular complexity index is 2090. The average Bonchev–Trinajstić information content (AvgIpc) is 3.17. The maximum atomic E-state index is 13.2. The van der Waals surface area contributed by atoms with Crippen LogP contribution in [-0.4, -0.2) is 84.1 Å². The molecule has 290 valence electrons. The highest BCUT2D eigenvalue weighted by Crippen LogP contribution is 2.32. The molecular weight excluding hydrogens is 737 g/mol. The number of amides is 1. The van der Waals surface area contributed by atoms with E-state index in [-0.39, 0.29) is 21.8 Å². The monoisotopic (exact) mass is 784 g/mol. The van der Waals surface area contributed by atoms with Crippen LogP contribution in [0.2, 0.25) is 0 Å². The predicted molar refractivity (Wildman–Crippen MR) is 222 cm³/mol. The van der Waals surface area contributed by atoms with Crippen molar-refractivity contribution in [2.24, 2.45) is 0 Å². The molecule has 0 aliphatic rings. The Morgan fingerprint density at radius 3 is 2.27 bits per heavy atom. The van der Waals surface area contributed by atoms with E-state index in [0.29, 0.717) is 38.5 Å². The summed E-state index contributed by atoms with van der Waals surface area (Å²) in [6, 6.07) is 36.4. The van der Waals surface area contributed by atoms with Crippen LogP contribution in [0.1, 0.15) is 15.9 Å². The zero-order valence-corrected chi connectivity index (χ0v) is 32.8. The normalized spacial score (nSPS) is 12.5. The topological polar surface area (TPSA) is 155 Å². The molecule has 0 spiro atoms. The average molecular weight is 785 g/mol. The number of hydroxylamine groups is 2. The lowest BCUT2D eigenvalue weighted by Gasteiger charge is -2.30. The first-order valence-corrected chi connectivity index (χ1v) is 20.3. The molecule has 0 aromatic heterocycles. The van der Waals surface area contributed by atoms with E-state index >= 15 is 0 Å². The summed E-state index contributed by atoms with van der Waals surface area (Å²) in [6.45, 7) is 3.90. The summed E-state index contributed by atoms with van der Waals surface area (Å²) in [5, 5.41) is 32.7. The number of thioether (sulfide) groups is 1. The van der Waals surface area contributed by atoms with Gasteiger partial charge < -0.3 is 30.8 Å². The molecule has 5 aromatic rings. The molecule has 0 saturated heterocycles. The van der Waals surface area contributed by atoms with E-state index in [1.54, 1.807) is 23.9 Å². The Hall–Kier alpha value is -4.93. The summed E-state index contributed by atoms with van der Waals surface area (Å²) >= 11 is 1.61. The largest absolute Gasteiger partial charge is 0.593 e. The zero-order chi connectivity index (χ0) is 39.3. The number of ether oxygens (including phenoxy) is 1. The highest BCUT2D eigenvalue weighted by atomic mass is 32.2. The van der Waals surface area contributed by atoms with Gasteiger partial charge in [0, 0.05) is 60.7 Å². The Morgan fingerprint density at radius 2 is 1.56 bits per heavy atom. The number of sulfonamides is 1. The van der Waals surface area contributed by atoms with Crippen molar-refractivity contribution in [3.05, 3.63) is 138 Å². The highest BCUT2D eigenvalue weighted by molar-refractivity contribution is 7.99. The molecule has 14 heteroatoms. The van der Waals surface area contributed by atoms with E-state index in [1.165, 1.54) is 29.8 Å². The van der Waals surface area contributed by atoms with Gasteiger partial charge in [-0.1, -0.05) is 54.6 Å². The molecule has 0 heterocycles. The second kappa shape index (κ2) is 19.6. The van der Waals surface area contributed by atoms with Crippen LogP contribution < -0.4 is 30.2 Å². The van der Waals surface area contributed by atoms with Crippen LogP contribution in [0.25, 0.3) is 11.1 Å². The van der Waals surface area contributed by atoms with Gasteiger partial charge in [-0.15, -0.1) is 11.8 Å². The molecule has 12 nitrogen and oxygen atoms in total. The standard InChI is InChI=1S/C41H48N6O6S2/c1-46(2)26-27-53-35-19-15-31(16-20-35)38-12-8-7-9-33(38)30-42-23-24-43-34-17-13-32(14-18-34)41(48)45-55(51,52)37-21-22-39(40(29-37)47(3,49)50)44-25-28-54-36-10-5-4-6-11-36/h4-22,29,42-44,49H,23-28,30H2,1-3H3,(H,45,48). The van der Waals surface area contributed by atoms with E-state index < -0.39 is 20.7 Å². The lowest BCUT2D eigenvalue weighted by atomic mass is 9.99. The van der Waals surface area contributed by atoms with Crippen molar-refractivity contribution < 1.29 is 23.2 Å². The molecule has 5 aromatic carbocycles. The van der Waals surface area contributed by atoms with Gasteiger partial charge in [-0.3, -0.25) is 4.79 Å². The van der Waals surface area contributed by atoms with Gasteiger partial charge in [0.25, 0.3) is 15.9 Å². The lowest BCUT2D eigenvalue weighted by molar-refractivity contribution is -0.00399. The number of nitrogens with one attached hydrogen (secondary N) is 4. The molecule has 0 bridgehead atoms. The van der Waals surface area contributed by atoms with Crippen molar-refractivity contribution in [3.8, 4) is 16.9 Å². The van der Waals surface area contributed by atoms with Gasteiger partial charge in [-0.25, -0.2) is 18.3 Å². The summed E-state index contributed by atoms with van der Waals surface area (Å²) in [5.74, 6) is 0.679. The molecule has 5 N–H and O–H groups in total. The van der Waals surface area contributed by atoms with Gasteiger partial charge in [-0.05, 0) is 91.4 Å². The van der Waals surface area contributed by atoms with E-state index in [0.717, 1.165) is 47.1 Å². The van der Waals surface area contributed by atoms with Crippen molar-refractivity contribution in [2.75, 3.05) is 70.3 Å². The van der Waals surface area contributed by atoms with Crippen LogP contribution in [0.3, 0.4) is 0 Å². The van der Waals surface area contributed by atoms with Gasteiger partial charge >= 0.3 is 0 Å². The summed E-state index contributed by atoms with van der Waals surface area (Å²) < 4.78 is 34.3. The zero-order valence-electron chi connectivity index (χ0n) is 31.2. The number of benzene rings is 5. The fourth-order valence-corrected chi connectivity index (χ4v) is 7.36. The van der Waals surface area contributed by atoms with Crippen LogP contribution in [0.5, 0.6) is 5.75 Å². The SMILES string of the molecule is CN(C)CCOc1ccc(-c2ccccc2CNCCNc2ccc(C(=O)NS(=O)(=O)c3ccc(NCCSc4ccccc4)c([N+](C)([O-])O)c3)cc2)cc1. The molecule has 0 radical (unpaired) electrons. The third-order valence-corrected chi connectivity index (χ3v) is 10.8. The minimum absolute atomic E-state index is 0.137. The fraction of sp³-hybridized carbons (Fsp3) is 0.244. The number of nitrogens with zero attached hydrogens (tertiary/aromatic N) is 2. The third-order valence-electron chi connectivity index (χ3n) is 8.47. The predicted octanol–water partition coefficient (Wildman–Crippen LogP) is 6.64. The number of hydrogen-bond donors (Lipinski definition) is 5. The van der Waals surface area contributed by atoms with Crippen LogP contribution in [0.4, 0.5) is 17.1 Å². The maximum Gasteiger partial charge on any atom is 0.264 e. The van der Waals surface area contributed by atoms with E-state index in [9.17, 15) is 23.6 Å². The van der Waals surface area contributed by atoms with Gasteiger partial charge in [0.2, 0.25) is 0 Å². The Morgan fingerprint density at radius 1 is 0.855 bits per heavy atom. The summed E-state index contributed by atoms with van der Waals surface area (Å²) in [6.07, 6.45) is 0. The third kappa shape index (κ3) is 12.6. The summed E-state index contributed by atoms with van der Waals surface area (Å²) in [4.78, 5) is 13.9. The molecule has 0 fully saturated rings. The van der Waals surface area contributed by atoms with Crippen LogP contribution in [-0.2, 0) is 16.6 Å². The lowest BCUT2D eigenvalue weighted by Crippen LogP contribution is -2.35. The second-order valence-corrected chi connectivity index (χ2v) is 15.9. The first-order valence-electron chi connectivity index (χ1n) is 17.8.